The molecule has 0 radical (unpaired) electrons. The lowest BCUT2D eigenvalue weighted by Gasteiger charge is -2.27. The molecule has 2 aromatic heterocycles. The molecule has 2 aromatic rings. The second-order valence-electron chi connectivity index (χ2n) is 4.63. The van der Waals surface area contributed by atoms with Gasteiger partial charge < -0.3 is 4.90 Å². The Balaban J connectivity index is 2.09. The molecule has 1 aliphatic heterocycles. The van der Waals surface area contributed by atoms with E-state index in [4.69, 9.17) is 0 Å². The third kappa shape index (κ3) is 2.00. The summed E-state index contributed by atoms with van der Waals surface area (Å²) in [7, 11) is 0. The van der Waals surface area contributed by atoms with Crippen molar-refractivity contribution in [1.29, 1.82) is 0 Å². The van der Waals surface area contributed by atoms with Crippen molar-refractivity contribution >= 4 is 23.4 Å². The number of rotatable bonds is 2. The lowest BCUT2D eigenvalue weighted by molar-refractivity contribution is -0.131. The molecule has 0 spiro atoms. The number of nitrogens with one attached hydrogen (secondary N) is 1. The standard InChI is InChI=1S/C12H15N5O2S/c1-3-9(18)16-5-4-8-7(6-16)10(19)17-11(13-8)14-12(15-17)20-2/h3-6H2,1-2H3,(H,13,14,15). The molecule has 8 heteroatoms. The van der Waals surface area contributed by atoms with Crippen molar-refractivity contribution in [1.82, 2.24) is 24.5 Å². The maximum absolute atomic E-state index is 12.5. The van der Waals surface area contributed by atoms with Crippen molar-refractivity contribution in [2.75, 3.05) is 12.8 Å². The van der Waals surface area contributed by atoms with Gasteiger partial charge in [0.2, 0.25) is 5.91 Å². The largest absolute Gasteiger partial charge is 0.338 e. The number of hydrogen-bond acceptors (Lipinski definition) is 5. The van der Waals surface area contributed by atoms with Crippen molar-refractivity contribution in [3.05, 3.63) is 21.6 Å². The zero-order valence-electron chi connectivity index (χ0n) is 11.3. The second-order valence-corrected chi connectivity index (χ2v) is 5.42. The molecule has 0 aromatic carbocycles. The van der Waals surface area contributed by atoms with Gasteiger partial charge in [0.15, 0.2) is 5.16 Å². The van der Waals surface area contributed by atoms with E-state index < -0.39 is 0 Å². The zero-order chi connectivity index (χ0) is 14.3. The minimum absolute atomic E-state index is 0.0644. The SMILES string of the molecule is CCC(=O)N1CCc2nc3nc(SC)[nH]n3c(=O)c2C1. The number of nitrogens with zero attached hydrogens (tertiary/aromatic N) is 4. The van der Waals surface area contributed by atoms with Gasteiger partial charge in [0.05, 0.1) is 17.8 Å². The zero-order valence-corrected chi connectivity index (χ0v) is 12.2. The number of aromatic amines is 1. The average Bonchev–Trinajstić information content (AvgIpc) is 2.90. The van der Waals surface area contributed by atoms with Crippen LogP contribution in [0.2, 0.25) is 0 Å². The maximum atomic E-state index is 12.5. The maximum Gasteiger partial charge on any atom is 0.279 e. The van der Waals surface area contributed by atoms with Gasteiger partial charge in [-0.25, -0.2) is 4.98 Å². The average molecular weight is 293 g/mol. The fourth-order valence-electron chi connectivity index (χ4n) is 2.38. The first-order valence-corrected chi connectivity index (χ1v) is 7.68. The molecule has 3 heterocycles. The number of fused-ring (bicyclic) bond motifs is 2. The van der Waals surface area contributed by atoms with Crippen LogP contribution in [0.4, 0.5) is 0 Å². The van der Waals surface area contributed by atoms with Gasteiger partial charge in [-0.15, -0.1) is 0 Å². The third-order valence-corrected chi connectivity index (χ3v) is 4.04. The monoisotopic (exact) mass is 293 g/mol. The number of aromatic nitrogens is 4. The highest BCUT2D eigenvalue weighted by molar-refractivity contribution is 7.98. The predicted molar refractivity (Wildman–Crippen MR) is 74.8 cm³/mol. The molecule has 20 heavy (non-hydrogen) atoms. The van der Waals surface area contributed by atoms with Gasteiger partial charge in [0.25, 0.3) is 11.3 Å². The minimum atomic E-state index is -0.161. The van der Waals surface area contributed by atoms with Crippen LogP contribution in [0.25, 0.3) is 5.78 Å². The van der Waals surface area contributed by atoms with Gasteiger partial charge in [-0.1, -0.05) is 18.7 Å². The summed E-state index contributed by atoms with van der Waals surface area (Å²) in [6.45, 7) is 2.78. The van der Waals surface area contributed by atoms with Crippen LogP contribution in [0, 0.1) is 0 Å². The molecule has 0 saturated heterocycles. The van der Waals surface area contributed by atoms with Crippen LogP contribution in [0.15, 0.2) is 9.95 Å². The van der Waals surface area contributed by atoms with E-state index in [0.29, 0.717) is 42.4 Å². The van der Waals surface area contributed by atoms with Gasteiger partial charge >= 0.3 is 0 Å². The van der Waals surface area contributed by atoms with Crippen LogP contribution in [-0.2, 0) is 17.8 Å². The van der Waals surface area contributed by atoms with Crippen LogP contribution in [0.3, 0.4) is 0 Å². The van der Waals surface area contributed by atoms with Crippen molar-refractivity contribution in [3.63, 3.8) is 0 Å². The Kier molecular flexibility index (Phi) is 3.25. The van der Waals surface area contributed by atoms with E-state index in [1.165, 1.54) is 16.3 Å². The second kappa shape index (κ2) is 4.93. The Morgan fingerprint density at radius 3 is 2.95 bits per heavy atom. The summed E-state index contributed by atoms with van der Waals surface area (Å²) in [5, 5.41) is 3.56. The van der Waals surface area contributed by atoms with Crippen molar-refractivity contribution in [2.45, 2.75) is 31.5 Å². The molecule has 0 bridgehead atoms. The quantitative estimate of drug-likeness (QED) is 0.812. The summed E-state index contributed by atoms with van der Waals surface area (Å²) in [6.07, 6.45) is 2.94. The Bertz CT molecular complexity index is 735. The molecule has 0 unspecified atom stereocenters. The number of thioether (sulfide) groups is 1. The Morgan fingerprint density at radius 2 is 2.25 bits per heavy atom. The number of carbonyl (C=O) groups is 1. The summed E-state index contributed by atoms with van der Waals surface area (Å²) >= 11 is 1.42. The number of hydrogen-bond donors (Lipinski definition) is 1. The molecule has 1 N–H and O–H groups in total. The lowest BCUT2D eigenvalue weighted by atomic mass is 10.1. The van der Waals surface area contributed by atoms with E-state index in [9.17, 15) is 9.59 Å². The molecule has 0 aliphatic carbocycles. The molecule has 3 rings (SSSR count). The highest BCUT2D eigenvalue weighted by Crippen LogP contribution is 2.16. The summed E-state index contributed by atoms with van der Waals surface area (Å²) in [6, 6.07) is 0. The number of amides is 1. The molecule has 1 aliphatic rings. The smallest absolute Gasteiger partial charge is 0.279 e. The fourth-order valence-corrected chi connectivity index (χ4v) is 2.73. The van der Waals surface area contributed by atoms with E-state index in [1.807, 2.05) is 13.2 Å². The molecular weight excluding hydrogens is 278 g/mol. The number of carbonyl (C=O) groups excluding carboxylic acids is 1. The molecular formula is C12H15N5O2S. The van der Waals surface area contributed by atoms with Gasteiger partial charge in [-0.3, -0.25) is 14.7 Å². The highest BCUT2D eigenvalue weighted by Gasteiger charge is 2.24. The molecule has 7 nitrogen and oxygen atoms in total. The third-order valence-electron chi connectivity index (χ3n) is 3.47. The normalized spacial score (nSPS) is 14.6. The van der Waals surface area contributed by atoms with E-state index >= 15 is 0 Å². The first-order valence-electron chi connectivity index (χ1n) is 6.46. The van der Waals surface area contributed by atoms with Crippen LogP contribution in [-0.4, -0.2) is 43.2 Å². The van der Waals surface area contributed by atoms with Crippen LogP contribution in [0.5, 0.6) is 0 Å². The van der Waals surface area contributed by atoms with Gasteiger partial charge in [0, 0.05) is 19.4 Å². The Hall–Kier alpha value is -1.83. The number of H-pyrrole nitrogens is 1. The van der Waals surface area contributed by atoms with Crippen molar-refractivity contribution in [3.8, 4) is 0 Å². The summed E-state index contributed by atoms with van der Waals surface area (Å²) in [5.74, 6) is 0.461. The van der Waals surface area contributed by atoms with E-state index in [1.54, 1.807) is 4.90 Å². The molecule has 0 atom stereocenters. The van der Waals surface area contributed by atoms with Crippen molar-refractivity contribution < 1.29 is 4.79 Å². The first-order chi connectivity index (χ1) is 9.63. The van der Waals surface area contributed by atoms with E-state index in [2.05, 4.69) is 15.1 Å². The van der Waals surface area contributed by atoms with Crippen molar-refractivity contribution in [2.24, 2.45) is 0 Å². The van der Waals surface area contributed by atoms with Crippen LogP contribution >= 0.6 is 11.8 Å². The molecule has 0 saturated carbocycles. The predicted octanol–water partition coefficient (Wildman–Crippen LogP) is 0.434. The van der Waals surface area contributed by atoms with Gasteiger partial charge in [-0.2, -0.15) is 9.50 Å². The summed E-state index contributed by atoms with van der Waals surface area (Å²) < 4.78 is 1.35. The highest BCUT2D eigenvalue weighted by atomic mass is 32.2. The topological polar surface area (TPSA) is 83.4 Å². The van der Waals surface area contributed by atoms with Gasteiger partial charge in [0.1, 0.15) is 0 Å². The first kappa shape index (κ1) is 13.2. The molecule has 106 valence electrons. The molecule has 0 fully saturated rings. The lowest BCUT2D eigenvalue weighted by Crippen LogP contribution is -2.40. The summed E-state index contributed by atoms with van der Waals surface area (Å²) in [5.41, 5.74) is 1.19. The minimum Gasteiger partial charge on any atom is -0.338 e. The van der Waals surface area contributed by atoms with Crippen LogP contribution in [0.1, 0.15) is 24.6 Å². The van der Waals surface area contributed by atoms with Crippen LogP contribution < -0.4 is 5.56 Å². The Morgan fingerprint density at radius 1 is 1.45 bits per heavy atom. The Labute approximate surface area is 119 Å². The van der Waals surface area contributed by atoms with E-state index in [-0.39, 0.29) is 11.5 Å². The summed E-state index contributed by atoms with van der Waals surface area (Å²) in [4.78, 5) is 34.6. The van der Waals surface area contributed by atoms with E-state index in [0.717, 1.165) is 5.69 Å². The fraction of sp³-hybridized carbons (Fsp3) is 0.500. The molecule has 1 amide bonds. The van der Waals surface area contributed by atoms with Gasteiger partial charge in [-0.05, 0) is 6.26 Å².